The van der Waals surface area contributed by atoms with Crippen LogP contribution in [0.25, 0.3) is 0 Å². The maximum atomic E-state index is 12.3. The van der Waals surface area contributed by atoms with Crippen LogP contribution in [0.15, 0.2) is 18.2 Å². The number of hydrogen-bond acceptors (Lipinski definition) is 4. The zero-order valence-corrected chi connectivity index (χ0v) is 13.4. The van der Waals surface area contributed by atoms with Crippen molar-refractivity contribution in [2.45, 2.75) is 31.8 Å². The van der Waals surface area contributed by atoms with Crippen molar-refractivity contribution in [1.29, 1.82) is 0 Å². The van der Waals surface area contributed by atoms with E-state index in [1.54, 1.807) is 6.07 Å². The van der Waals surface area contributed by atoms with E-state index in [0.717, 1.165) is 25.1 Å². The van der Waals surface area contributed by atoms with E-state index < -0.39 is 0 Å². The van der Waals surface area contributed by atoms with Crippen molar-refractivity contribution >= 4 is 17.3 Å². The van der Waals surface area contributed by atoms with Gasteiger partial charge in [-0.1, -0.05) is 0 Å². The lowest BCUT2D eigenvalue weighted by atomic mass is 9.98. The summed E-state index contributed by atoms with van der Waals surface area (Å²) < 4.78 is 0. The van der Waals surface area contributed by atoms with Gasteiger partial charge in [0.2, 0.25) is 0 Å². The maximum Gasteiger partial charge on any atom is 0.251 e. The Labute approximate surface area is 127 Å². The van der Waals surface area contributed by atoms with Crippen LogP contribution in [0.3, 0.4) is 0 Å². The molecule has 1 aromatic carbocycles. The number of benzene rings is 1. The van der Waals surface area contributed by atoms with E-state index in [-0.39, 0.29) is 11.9 Å². The molecular weight excluding hydrogens is 264 g/mol. The molecule has 0 spiro atoms. The molecule has 1 amide bonds. The van der Waals surface area contributed by atoms with Gasteiger partial charge in [-0.05, 0) is 45.0 Å². The van der Waals surface area contributed by atoms with Crippen molar-refractivity contribution < 1.29 is 4.79 Å². The van der Waals surface area contributed by atoms with Crippen LogP contribution in [0.4, 0.5) is 11.4 Å². The summed E-state index contributed by atoms with van der Waals surface area (Å²) in [5, 5.41) is 3.13. The third-order valence-electron chi connectivity index (χ3n) is 4.32. The van der Waals surface area contributed by atoms with Crippen LogP contribution < -0.4 is 16.0 Å². The van der Waals surface area contributed by atoms with Gasteiger partial charge in [0.1, 0.15) is 0 Å². The van der Waals surface area contributed by atoms with E-state index in [9.17, 15) is 4.79 Å². The van der Waals surface area contributed by atoms with Crippen molar-refractivity contribution in [3.05, 3.63) is 23.8 Å². The van der Waals surface area contributed by atoms with Crippen LogP contribution in [-0.4, -0.2) is 50.6 Å². The Morgan fingerprint density at radius 1 is 1.43 bits per heavy atom. The number of amides is 1. The molecule has 3 N–H and O–H groups in total. The number of nitrogens with zero attached hydrogens (tertiary/aromatic N) is 2. The smallest absolute Gasteiger partial charge is 0.251 e. The molecule has 2 rings (SSSR count). The van der Waals surface area contributed by atoms with Crippen molar-refractivity contribution in [3.8, 4) is 0 Å². The van der Waals surface area contributed by atoms with Crippen molar-refractivity contribution in [1.82, 2.24) is 10.2 Å². The summed E-state index contributed by atoms with van der Waals surface area (Å²) in [6, 6.07) is 6.23. The molecule has 5 heteroatoms. The number of hydrogen-bond donors (Lipinski definition) is 2. The lowest BCUT2D eigenvalue weighted by molar-refractivity contribution is 0.0896. The Morgan fingerprint density at radius 3 is 2.71 bits per heavy atom. The molecule has 1 saturated heterocycles. The summed E-state index contributed by atoms with van der Waals surface area (Å²) in [6.45, 7) is 3.22. The number of nitrogens with one attached hydrogen (secondary N) is 1. The molecule has 2 unspecified atom stereocenters. The highest BCUT2D eigenvalue weighted by Crippen LogP contribution is 2.23. The highest BCUT2D eigenvalue weighted by Gasteiger charge is 2.24. The average Bonchev–Trinajstić information content (AvgIpc) is 2.42. The Balaban J connectivity index is 2.02. The highest BCUT2D eigenvalue weighted by atomic mass is 16.1. The number of nitrogen functional groups attached to an aromatic ring is 1. The number of carbonyl (C=O) groups is 1. The summed E-state index contributed by atoms with van der Waals surface area (Å²) in [7, 11) is 6.00. The first kappa shape index (κ1) is 15.6. The highest BCUT2D eigenvalue weighted by molar-refractivity contribution is 5.96. The lowest BCUT2D eigenvalue weighted by Gasteiger charge is -2.35. The van der Waals surface area contributed by atoms with Crippen molar-refractivity contribution in [3.63, 3.8) is 0 Å². The second-order valence-corrected chi connectivity index (χ2v) is 6.19. The van der Waals surface area contributed by atoms with E-state index in [1.165, 1.54) is 0 Å². The molecule has 1 aliphatic rings. The number of carbonyl (C=O) groups excluding carboxylic acids is 1. The van der Waals surface area contributed by atoms with Crippen LogP contribution in [0.1, 0.15) is 30.1 Å². The van der Waals surface area contributed by atoms with Gasteiger partial charge >= 0.3 is 0 Å². The van der Waals surface area contributed by atoms with Crippen LogP contribution in [0.2, 0.25) is 0 Å². The van der Waals surface area contributed by atoms with Gasteiger partial charge in [-0.2, -0.15) is 0 Å². The van der Waals surface area contributed by atoms with Gasteiger partial charge in [-0.25, -0.2) is 0 Å². The molecule has 1 aromatic rings. The summed E-state index contributed by atoms with van der Waals surface area (Å²) in [6.07, 6.45) is 1.99. The van der Waals surface area contributed by atoms with E-state index in [1.807, 2.05) is 31.1 Å². The zero-order chi connectivity index (χ0) is 15.6. The minimum absolute atomic E-state index is 0.0336. The summed E-state index contributed by atoms with van der Waals surface area (Å²) in [5.74, 6) is -0.0336. The summed E-state index contributed by atoms with van der Waals surface area (Å²) in [5.41, 5.74) is 8.19. The normalized spacial score (nSPS) is 22.9. The van der Waals surface area contributed by atoms with E-state index in [2.05, 4.69) is 24.2 Å². The Morgan fingerprint density at radius 2 is 2.14 bits per heavy atom. The van der Waals surface area contributed by atoms with Gasteiger partial charge < -0.3 is 20.9 Å². The number of piperidine rings is 1. The fourth-order valence-electron chi connectivity index (χ4n) is 2.79. The van der Waals surface area contributed by atoms with Gasteiger partial charge in [-0.15, -0.1) is 0 Å². The maximum absolute atomic E-state index is 12.3. The largest absolute Gasteiger partial charge is 0.397 e. The first-order chi connectivity index (χ1) is 9.88. The molecule has 116 valence electrons. The topological polar surface area (TPSA) is 61.6 Å². The molecule has 0 aromatic heterocycles. The average molecular weight is 290 g/mol. The molecule has 0 saturated carbocycles. The predicted molar refractivity (Wildman–Crippen MR) is 87.8 cm³/mol. The van der Waals surface area contributed by atoms with Crippen LogP contribution >= 0.6 is 0 Å². The Kier molecular flexibility index (Phi) is 4.73. The molecule has 1 fully saturated rings. The van der Waals surface area contributed by atoms with Gasteiger partial charge in [0.25, 0.3) is 5.91 Å². The second kappa shape index (κ2) is 6.35. The lowest BCUT2D eigenvalue weighted by Crippen LogP contribution is -2.47. The Bertz CT molecular complexity index is 515. The second-order valence-electron chi connectivity index (χ2n) is 6.19. The number of rotatable bonds is 3. The van der Waals surface area contributed by atoms with Gasteiger partial charge in [0.15, 0.2) is 0 Å². The molecule has 5 nitrogen and oxygen atoms in total. The van der Waals surface area contributed by atoms with Crippen LogP contribution in [-0.2, 0) is 0 Å². The zero-order valence-electron chi connectivity index (χ0n) is 13.4. The standard InChI is InChI=1S/C16H26N4O/c1-11-9-13(7-8-20(11)4)18-16(21)12-5-6-15(19(2)3)14(17)10-12/h5-6,10-11,13H,7-9,17H2,1-4H3,(H,18,21). The fraction of sp³-hybridized carbons (Fsp3) is 0.562. The van der Waals surface area contributed by atoms with Crippen molar-refractivity contribution in [2.24, 2.45) is 0 Å². The first-order valence-corrected chi connectivity index (χ1v) is 7.46. The number of likely N-dealkylation sites (tertiary alicyclic amines) is 1. The fourth-order valence-corrected chi connectivity index (χ4v) is 2.79. The molecule has 0 aliphatic carbocycles. The first-order valence-electron chi connectivity index (χ1n) is 7.46. The molecule has 2 atom stereocenters. The molecule has 1 heterocycles. The number of nitrogens with two attached hydrogens (primary N) is 1. The predicted octanol–water partition coefficient (Wildman–Crippen LogP) is 1.55. The monoisotopic (exact) mass is 290 g/mol. The number of anilines is 2. The minimum Gasteiger partial charge on any atom is -0.397 e. The molecule has 0 bridgehead atoms. The molecule has 0 radical (unpaired) electrons. The summed E-state index contributed by atoms with van der Waals surface area (Å²) in [4.78, 5) is 16.6. The van der Waals surface area contributed by atoms with Crippen molar-refractivity contribution in [2.75, 3.05) is 38.3 Å². The van der Waals surface area contributed by atoms with E-state index in [4.69, 9.17) is 5.73 Å². The summed E-state index contributed by atoms with van der Waals surface area (Å²) >= 11 is 0. The van der Waals surface area contributed by atoms with Crippen LogP contribution in [0.5, 0.6) is 0 Å². The van der Waals surface area contributed by atoms with Crippen LogP contribution in [0, 0.1) is 0 Å². The Hall–Kier alpha value is -1.75. The quantitative estimate of drug-likeness (QED) is 0.829. The molecular formula is C16H26N4O. The van der Waals surface area contributed by atoms with Gasteiger partial charge in [0, 0.05) is 38.3 Å². The molecule has 21 heavy (non-hydrogen) atoms. The third-order valence-corrected chi connectivity index (χ3v) is 4.32. The SMILES string of the molecule is CC1CC(NC(=O)c2ccc(N(C)C)c(N)c2)CCN1C. The molecule has 1 aliphatic heterocycles. The van der Waals surface area contributed by atoms with Gasteiger partial charge in [0.05, 0.1) is 11.4 Å². The van der Waals surface area contributed by atoms with E-state index >= 15 is 0 Å². The van der Waals surface area contributed by atoms with E-state index in [0.29, 0.717) is 17.3 Å². The van der Waals surface area contributed by atoms with Gasteiger partial charge in [-0.3, -0.25) is 4.79 Å². The minimum atomic E-state index is -0.0336. The third kappa shape index (κ3) is 3.67.